The van der Waals surface area contributed by atoms with Crippen molar-refractivity contribution in [3.63, 3.8) is 0 Å². The van der Waals surface area contributed by atoms with Gasteiger partial charge in [0, 0.05) is 17.6 Å². The first-order valence-electron chi connectivity index (χ1n) is 5.27. The van der Waals surface area contributed by atoms with Gasteiger partial charge in [-0.2, -0.15) is 0 Å². The van der Waals surface area contributed by atoms with Gasteiger partial charge < -0.3 is 10.3 Å². The van der Waals surface area contributed by atoms with Crippen LogP contribution in [0.3, 0.4) is 0 Å². The maximum Gasteiger partial charge on any atom is 0.205 e. The van der Waals surface area contributed by atoms with E-state index in [4.69, 9.17) is 12.2 Å². The molecule has 1 aromatic heterocycles. The van der Waals surface area contributed by atoms with E-state index in [0.29, 0.717) is 11.2 Å². The number of anilines is 1. The highest BCUT2D eigenvalue weighted by Gasteiger charge is 2.09. The van der Waals surface area contributed by atoms with E-state index in [0.717, 1.165) is 4.32 Å². The fourth-order valence-electron chi connectivity index (χ4n) is 1.41. The van der Waals surface area contributed by atoms with Crippen molar-refractivity contribution in [3.05, 3.63) is 48.3 Å². The number of imidazole rings is 1. The summed E-state index contributed by atoms with van der Waals surface area (Å²) in [6.45, 7) is 2.14. The summed E-state index contributed by atoms with van der Waals surface area (Å²) in [5, 5.41) is 3.38. The van der Waals surface area contributed by atoms with Crippen LogP contribution in [0.5, 0.6) is 0 Å². The van der Waals surface area contributed by atoms with Crippen molar-refractivity contribution in [1.82, 2.24) is 9.97 Å². The lowest BCUT2D eigenvalue weighted by atomic mass is 10.2. The van der Waals surface area contributed by atoms with Crippen LogP contribution in [0.4, 0.5) is 5.95 Å². The number of aromatic nitrogens is 2. The summed E-state index contributed by atoms with van der Waals surface area (Å²) >= 11 is 6.88. The molecular formula is C12H13N3S2. The Bertz CT molecular complexity index is 468. The number of thioether (sulfide) groups is 1. The fraction of sp³-hybridized carbons (Fsp3) is 0.167. The maximum atomic E-state index is 5.27. The van der Waals surface area contributed by atoms with Gasteiger partial charge in [0.25, 0.3) is 0 Å². The van der Waals surface area contributed by atoms with Gasteiger partial charge in [0.2, 0.25) is 5.95 Å². The van der Waals surface area contributed by atoms with E-state index >= 15 is 0 Å². The largest absolute Gasteiger partial charge is 0.331 e. The van der Waals surface area contributed by atoms with E-state index in [1.165, 1.54) is 5.56 Å². The molecule has 3 nitrogen and oxygen atoms in total. The molecular weight excluding hydrogens is 250 g/mol. The van der Waals surface area contributed by atoms with Gasteiger partial charge in [0.1, 0.15) is 4.32 Å². The van der Waals surface area contributed by atoms with E-state index in [1.807, 2.05) is 18.2 Å². The van der Waals surface area contributed by atoms with Crippen LogP contribution in [-0.2, 0) is 0 Å². The number of aromatic amines is 1. The number of hydrogen-bond acceptors (Lipinski definition) is 3. The van der Waals surface area contributed by atoms with Gasteiger partial charge in [-0.3, -0.25) is 0 Å². The molecule has 0 saturated heterocycles. The Morgan fingerprint density at radius 3 is 2.82 bits per heavy atom. The molecule has 0 aliphatic rings. The second-order valence-electron chi connectivity index (χ2n) is 3.52. The molecule has 1 atom stereocenters. The lowest BCUT2D eigenvalue weighted by Gasteiger charge is -2.12. The zero-order valence-corrected chi connectivity index (χ0v) is 11.0. The molecule has 2 N–H and O–H groups in total. The fourth-order valence-corrected chi connectivity index (χ4v) is 2.71. The van der Waals surface area contributed by atoms with E-state index < -0.39 is 0 Å². The van der Waals surface area contributed by atoms with Crippen LogP contribution in [0, 0.1) is 0 Å². The van der Waals surface area contributed by atoms with E-state index in [-0.39, 0.29) is 0 Å². The molecule has 88 valence electrons. The van der Waals surface area contributed by atoms with Gasteiger partial charge in [0.05, 0.1) is 0 Å². The third-order valence-corrected chi connectivity index (χ3v) is 3.60. The van der Waals surface area contributed by atoms with Crippen molar-refractivity contribution < 1.29 is 0 Å². The third kappa shape index (κ3) is 3.57. The molecule has 0 saturated carbocycles. The molecule has 2 aromatic rings. The Kier molecular flexibility index (Phi) is 4.17. The lowest BCUT2D eigenvalue weighted by molar-refractivity contribution is 1.11. The average molecular weight is 263 g/mol. The van der Waals surface area contributed by atoms with E-state index in [9.17, 15) is 0 Å². The molecule has 2 rings (SSSR count). The molecule has 0 spiro atoms. The first-order chi connectivity index (χ1) is 8.25. The van der Waals surface area contributed by atoms with Crippen LogP contribution in [0.1, 0.15) is 17.7 Å². The highest BCUT2D eigenvalue weighted by Crippen LogP contribution is 2.29. The van der Waals surface area contributed by atoms with Crippen LogP contribution >= 0.6 is 24.0 Å². The summed E-state index contributed by atoms with van der Waals surface area (Å²) in [7, 11) is 0. The van der Waals surface area contributed by atoms with Crippen molar-refractivity contribution in [2.75, 3.05) is 5.32 Å². The minimum atomic E-state index is 0.325. The van der Waals surface area contributed by atoms with Crippen molar-refractivity contribution in [1.29, 1.82) is 0 Å². The second-order valence-corrected chi connectivity index (χ2v) is 5.54. The Labute approximate surface area is 110 Å². The van der Waals surface area contributed by atoms with Crippen molar-refractivity contribution in [2.45, 2.75) is 12.2 Å². The molecule has 1 heterocycles. The average Bonchev–Trinajstić information content (AvgIpc) is 2.82. The van der Waals surface area contributed by atoms with Gasteiger partial charge in [-0.1, -0.05) is 54.3 Å². The highest BCUT2D eigenvalue weighted by atomic mass is 32.2. The van der Waals surface area contributed by atoms with Gasteiger partial charge in [0.15, 0.2) is 0 Å². The number of nitrogens with one attached hydrogen (secondary N) is 2. The predicted molar refractivity (Wildman–Crippen MR) is 77.3 cm³/mol. The zero-order valence-electron chi connectivity index (χ0n) is 9.38. The Morgan fingerprint density at radius 2 is 2.18 bits per heavy atom. The molecule has 1 unspecified atom stereocenters. The summed E-state index contributed by atoms with van der Waals surface area (Å²) < 4.78 is 0.719. The monoisotopic (exact) mass is 263 g/mol. The molecule has 5 heteroatoms. The highest BCUT2D eigenvalue weighted by molar-refractivity contribution is 8.23. The predicted octanol–water partition coefficient (Wildman–Crippen LogP) is 3.60. The van der Waals surface area contributed by atoms with Crippen LogP contribution < -0.4 is 5.32 Å². The Morgan fingerprint density at radius 1 is 1.41 bits per heavy atom. The molecule has 0 radical (unpaired) electrons. The van der Waals surface area contributed by atoms with E-state index in [2.05, 4.69) is 34.3 Å². The van der Waals surface area contributed by atoms with E-state index in [1.54, 1.807) is 24.2 Å². The quantitative estimate of drug-likeness (QED) is 0.830. The molecule has 0 bridgehead atoms. The molecule has 0 amide bonds. The minimum absolute atomic E-state index is 0.325. The van der Waals surface area contributed by atoms with Crippen LogP contribution in [-0.4, -0.2) is 14.3 Å². The van der Waals surface area contributed by atoms with Gasteiger partial charge >= 0.3 is 0 Å². The summed E-state index contributed by atoms with van der Waals surface area (Å²) in [4.78, 5) is 7.03. The number of benzene rings is 1. The Hall–Kier alpha value is -1.33. The number of rotatable bonds is 3. The summed E-state index contributed by atoms with van der Waals surface area (Å²) in [6.07, 6.45) is 3.45. The zero-order chi connectivity index (χ0) is 12.1. The SMILES string of the molecule is CC(SC(=S)Nc1ncc[nH]1)c1ccccc1. The number of H-pyrrole nitrogens is 1. The van der Waals surface area contributed by atoms with Gasteiger partial charge in [-0.05, 0) is 12.5 Å². The molecule has 17 heavy (non-hydrogen) atoms. The first-order valence-corrected chi connectivity index (χ1v) is 6.56. The maximum absolute atomic E-state index is 5.27. The van der Waals surface area contributed by atoms with Crippen molar-refractivity contribution in [2.24, 2.45) is 0 Å². The summed E-state index contributed by atoms with van der Waals surface area (Å²) in [6, 6.07) is 10.3. The smallest absolute Gasteiger partial charge is 0.205 e. The number of nitrogens with zero attached hydrogens (tertiary/aromatic N) is 1. The summed E-state index contributed by atoms with van der Waals surface area (Å²) in [5.74, 6) is 0.683. The van der Waals surface area contributed by atoms with Crippen molar-refractivity contribution >= 4 is 34.2 Å². The van der Waals surface area contributed by atoms with Crippen molar-refractivity contribution in [3.8, 4) is 0 Å². The lowest BCUT2D eigenvalue weighted by Crippen LogP contribution is -2.07. The summed E-state index contributed by atoms with van der Waals surface area (Å²) in [5.41, 5.74) is 1.26. The standard InChI is InChI=1S/C12H13N3S2/c1-9(10-5-3-2-4-6-10)17-12(16)15-11-13-7-8-14-11/h2-9H,1H3,(H2,13,14,15,16). The van der Waals surface area contributed by atoms with Gasteiger partial charge in [-0.15, -0.1) is 0 Å². The normalized spacial score (nSPS) is 12.1. The van der Waals surface area contributed by atoms with Crippen LogP contribution in [0.2, 0.25) is 0 Å². The minimum Gasteiger partial charge on any atom is -0.331 e. The second kappa shape index (κ2) is 5.84. The first kappa shape index (κ1) is 12.1. The third-order valence-electron chi connectivity index (χ3n) is 2.27. The molecule has 1 aromatic carbocycles. The van der Waals surface area contributed by atoms with Gasteiger partial charge in [-0.25, -0.2) is 4.98 Å². The topological polar surface area (TPSA) is 40.7 Å². The van der Waals surface area contributed by atoms with Crippen LogP contribution in [0.15, 0.2) is 42.7 Å². The molecule has 0 aliphatic carbocycles. The number of thiocarbonyl (C=S) groups is 1. The van der Waals surface area contributed by atoms with Crippen LogP contribution in [0.25, 0.3) is 0 Å². The molecule has 0 fully saturated rings. The molecule has 0 aliphatic heterocycles. The number of hydrogen-bond donors (Lipinski definition) is 2. The Balaban J connectivity index is 1.91.